The average molecular weight is 794 g/mol. The van der Waals surface area contributed by atoms with Crippen molar-refractivity contribution in [3.63, 3.8) is 0 Å². The number of phosphoric ester groups is 1. The molecule has 2 aromatic heterocycles. The van der Waals surface area contributed by atoms with E-state index in [0.717, 1.165) is 36.1 Å². The van der Waals surface area contributed by atoms with Gasteiger partial charge in [0.05, 0.1) is 19.5 Å². The molecule has 0 aliphatic carbocycles. The summed E-state index contributed by atoms with van der Waals surface area (Å²) >= 11 is 5.85. The molecule has 16 nitrogen and oxygen atoms in total. The van der Waals surface area contributed by atoms with E-state index in [1.807, 2.05) is 6.92 Å². The number of halogens is 2. The number of benzene rings is 1. The minimum Gasteiger partial charge on any atom is -0.756 e. The fourth-order valence-electron chi connectivity index (χ4n) is 5.15. The number of carbonyl (C=O) groups is 1. The molecule has 1 aromatic carbocycles. The largest absolute Gasteiger partial charge is 0.756 e. The van der Waals surface area contributed by atoms with Gasteiger partial charge >= 0.3 is 13.7 Å². The number of phosphoric acid groups is 1. The number of aromatic nitrogens is 4. The molecule has 0 amide bonds. The van der Waals surface area contributed by atoms with Gasteiger partial charge in [0.15, 0.2) is 23.9 Å². The molecular formula is C32H49ClFN6O10P2-. The fraction of sp³-hybridized carbons (Fsp3) is 0.625. The number of imidazole rings is 1. The van der Waals surface area contributed by atoms with E-state index in [1.54, 1.807) is 6.07 Å². The van der Waals surface area contributed by atoms with Gasteiger partial charge in [-0.2, -0.15) is 15.1 Å². The van der Waals surface area contributed by atoms with E-state index in [9.17, 15) is 23.9 Å². The molecule has 1 aliphatic heterocycles. The number of para-hydroxylation sites is 1. The van der Waals surface area contributed by atoms with Gasteiger partial charge in [-0.05, 0) is 43.0 Å². The standard InChI is InChI=1S/C25H34ClFN6O10P2.C7H16/c1-3-4-5-9-12-39-24(35)15(2)32-44(36,42-16-10-7-6-8-11-16)43-45(37,38)40-13-17-20(34)18(27)23(41-17)33-14-29-19-21(28)30-25(26)31-22(19)33;1-4-7(5-2)6-3/h6-8,10-11,14-15,17-18,20,23,34H,3-5,9,12-13H2,1-2H3,(H,32,36)(H,37,38)(H2,28,30,31);7H,4-6H2,1-3H3/p-1/t15-,17+,18+,20?,23+,44?;/m0./s1. The number of unbranched alkanes of at least 4 members (excludes halogenated alkanes) is 3. The first kappa shape index (κ1) is 43.7. The predicted molar refractivity (Wildman–Crippen MR) is 191 cm³/mol. The van der Waals surface area contributed by atoms with Crippen LogP contribution in [0.1, 0.15) is 85.8 Å². The number of aliphatic hydroxyl groups excluding tert-OH is 1. The summed E-state index contributed by atoms with van der Waals surface area (Å²) in [5.74, 6) is 0.0343. The van der Waals surface area contributed by atoms with E-state index < -0.39 is 58.8 Å². The van der Waals surface area contributed by atoms with Crippen molar-refractivity contribution in [1.29, 1.82) is 0 Å². The number of rotatable bonds is 19. The Labute approximate surface area is 308 Å². The Balaban J connectivity index is 0.000000944. The van der Waals surface area contributed by atoms with Crippen LogP contribution in [0.4, 0.5) is 10.2 Å². The number of aliphatic hydroxyl groups is 1. The minimum absolute atomic E-state index is 0.00503. The van der Waals surface area contributed by atoms with Gasteiger partial charge < -0.3 is 34.3 Å². The molecule has 0 bridgehead atoms. The number of fused-ring (bicyclic) bond motifs is 1. The lowest BCUT2D eigenvalue weighted by Crippen LogP contribution is -2.35. The molecule has 1 fully saturated rings. The highest BCUT2D eigenvalue weighted by Crippen LogP contribution is 2.58. The lowest BCUT2D eigenvalue weighted by Gasteiger charge is -2.30. The number of nitrogens with one attached hydrogen (secondary N) is 1. The number of anilines is 1. The summed E-state index contributed by atoms with van der Waals surface area (Å²) in [7, 11) is -10.4. The van der Waals surface area contributed by atoms with Crippen LogP contribution in [0, 0.1) is 5.92 Å². The van der Waals surface area contributed by atoms with Gasteiger partial charge in [-0.3, -0.25) is 13.9 Å². The van der Waals surface area contributed by atoms with E-state index in [0.29, 0.717) is 6.42 Å². The van der Waals surface area contributed by atoms with Crippen molar-refractivity contribution in [2.24, 2.45) is 5.92 Å². The molecule has 0 saturated carbocycles. The van der Waals surface area contributed by atoms with E-state index in [1.165, 1.54) is 50.5 Å². The third-order valence-electron chi connectivity index (χ3n) is 8.24. The summed E-state index contributed by atoms with van der Waals surface area (Å²) < 4.78 is 68.4. The highest BCUT2D eigenvalue weighted by molar-refractivity contribution is 7.63. The Morgan fingerprint density at radius 3 is 2.42 bits per heavy atom. The van der Waals surface area contributed by atoms with E-state index in [4.69, 9.17) is 40.2 Å². The lowest BCUT2D eigenvalue weighted by molar-refractivity contribution is -0.220. The monoisotopic (exact) mass is 793 g/mol. The van der Waals surface area contributed by atoms with Crippen LogP contribution in [0.25, 0.3) is 11.2 Å². The number of nitrogens with two attached hydrogens (primary N) is 1. The van der Waals surface area contributed by atoms with Crippen LogP contribution >= 0.6 is 27.2 Å². The van der Waals surface area contributed by atoms with Gasteiger partial charge in [0.25, 0.3) is 7.82 Å². The van der Waals surface area contributed by atoms with Crippen LogP contribution in [0.2, 0.25) is 5.28 Å². The molecular weight excluding hydrogens is 745 g/mol. The molecule has 7 atom stereocenters. The zero-order valence-corrected chi connectivity index (χ0v) is 32.5. The van der Waals surface area contributed by atoms with E-state index in [-0.39, 0.29) is 34.6 Å². The SMILES string of the molecule is CCC(CC)CC.CCCCCCOC(=O)[C@H](C)NP(=O)(Oc1ccccc1)OP(=O)([O-])OC[C@H]1O[C@@H](n2cnc3c(N)nc(Cl)nc32)[C@H](F)C1O. The Morgan fingerprint density at radius 2 is 1.81 bits per heavy atom. The number of alkyl halides is 1. The van der Waals surface area contributed by atoms with Crippen LogP contribution in [-0.4, -0.2) is 68.2 Å². The summed E-state index contributed by atoms with van der Waals surface area (Å²) in [4.78, 5) is 37.1. The van der Waals surface area contributed by atoms with E-state index >= 15 is 4.39 Å². The maximum atomic E-state index is 15.1. The Hall–Kier alpha value is -2.72. The quantitative estimate of drug-likeness (QED) is 0.0526. The van der Waals surface area contributed by atoms with Gasteiger partial charge in [-0.25, -0.2) is 18.3 Å². The van der Waals surface area contributed by atoms with Crippen molar-refractivity contribution in [3.8, 4) is 5.75 Å². The molecule has 3 heterocycles. The van der Waals surface area contributed by atoms with Gasteiger partial charge in [-0.1, -0.05) is 84.4 Å². The average Bonchev–Trinajstić information content (AvgIpc) is 3.64. The maximum absolute atomic E-state index is 15.1. The van der Waals surface area contributed by atoms with Crippen molar-refractivity contribution in [1.82, 2.24) is 24.6 Å². The second-order valence-electron chi connectivity index (χ2n) is 12.1. The summed E-state index contributed by atoms with van der Waals surface area (Å²) in [6.45, 7) is 9.26. The number of nitrogen functional groups attached to an aromatic ring is 1. The summed E-state index contributed by atoms with van der Waals surface area (Å²) in [5.41, 5.74) is 5.88. The van der Waals surface area contributed by atoms with Crippen LogP contribution in [0.5, 0.6) is 5.75 Å². The third-order valence-corrected chi connectivity index (χ3v) is 11.7. The molecule has 1 aliphatic rings. The normalized spacial score (nSPS) is 21.6. The Kier molecular flexibility index (Phi) is 17.4. The van der Waals surface area contributed by atoms with Crippen molar-refractivity contribution < 1.29 is 51.1 Å². The topological polar surface area (TPSA) is 222 Å². The highest BCUT2D eigenvalue weighted by Gasteiger charge is 2.47. The maximum Gasteiger partial charge on any atom is 0.465 e. The van der Waals surface area contributed by atoms with Crippen molar-refractivity contribution in [3.05, 3.63) is 41.9 Å². The second kappa shape index (κ2) is 20.7. The molecule has 0 spiro atoms. The molecule has 3 aromatic rings. The summed E-state index contributed by atoms with van der Waals surface area (Å²) in [5, 5.41) is 12.5. The number of hydrogen-bond acceptors (Lipinski definition) is 14. The van der Waals surface area contributed by atoms with Crippen LogP contribution in [0.3, 0.4) is 0 Å². The lowest BCUT2D eigenvalue weighted by atomic mass is 10.0. The third kappa shape index (κ3) is 12.7. The van der Waals surface area contributed by atoms with Crippen LogP contribution < -0.4 is 20.2 Å². The first-order chi connectivity index (χ1) is 24.7. The zero-order valence-electron chi connectivity index (χ0n) is 29.9. The van der Waals surface area contributed by atoms with Gasteiger partial charge in [0.2, 0.25) is 5.28 Å². The smallest absolute Gasteiger partial charge is 0.465 e. The van der Waals surface area contributed by atoms with Crippen molar-refractivity contribution >= 4 is 50.1 Å². The number of hydrogen-bond donors (Lipinski definition) is 3. The minimum atomic E-state index is -5.54. The molecule has 4 rings (SSSR count). The van der Waals surface area contributed by atoms with Crippen molar-refractivity contribution in [2.45, 2.75) is 110 Å². The van der Waals surface area contributed by atoms with Crippen molar-refractivity contribution in [2.75, 3.05) is 18.9 Å². The van der Waals surface area contributed by atoms with Gasteiger partial charge in [0, 0.05) is 0 Å². The molecule has 1 saturated heterocycles. The molecule has 3 unspecified atom stereocenters. The van der Waals surface area contributed by atoms with E-state index in [2.05, 4.69) is 40.8 Å². The van der Waals surface area contributed by atoms with Crippen LogP contribution in [-0.2, 0) is 32.2 Å². The Bertz CT molecular complexity index is 1650. The first-order valence-corrected chi connectivity index (χ1v) is 20.6. The zero-order chi connectivity index (χ0) is 38.5. The summed E-state index contributed by atoms with van der Waals surface area (Å²) in [6.07, 6.45) is 1.57. The molecule has 4 N–H and O–H groups in total. The molecule has 292 valence electrons. The number of esters is 1. The fourth-order valence-corrected chi connectivity index (χ4v) is 8.25. The first-order valence-electron chi connectivity index (χ1n) is 17.3. The number of nitrogens with zero attached hydrogens (tertiary/aromatic N) is 4. The second-order valence-corrected chi connectivity index (χ2v) is 15.7. The molecule has 20 heteroatoms. The number of carbonyl (C=O) groups excluding carboxylic acids is 1. The summed E-state index contributed by atoms with van der Waals surface area (Å²) in [6, 6.07) is 6.12. The van der Waals surface area contributed by atoms with Crippen LogP contribution in [0.15, 0.2) is 36.7 Å². The highest BCUT2D eigenvalue weighted by atomic mass is 35.5. The van der Waals surface area contributed by atoms with Gasteiger partial charge in [-0.15, -0.1) is 0 Å². The Morgan fingerprint density at radius 1 is 1.13 bits per heavy atom. The molecule has 0 radical (unpaired) electrons. The van der Waals surface area contributed by atoms with Gasteiger partial charge in [0.1, 0.15) is 29.5 Å². The predicted octanol–water partition coefficient (Wildman–Crippen LogP) is 6.28. The molecule has 52 heavy (non-hydrogen) atoms. The number of ether oxygens (including phenoxy) is 2.